The lowest BCUT2D eigenvalue weighted by molar-refractivity contribution is 0.475. The van der Waals surface area contributed by atoms with Gasteiger partial charge in [-0.2, -0.15) is 21.9 Å². The quantitative estimate of drug-likeness (QED) is 0.789. The molecule has 1 aromatic carbocycles. The summed E-state index contributed by atoms with van der Waals surface area (Å²) in [6, 6.07) is 5.55. The molecule has 4 nitrogen and oxygen atoms in total. The second-order valence-corrected chi connectivity index (χ2v) is 2.44. The van der Waals surface area contributed by atoms with Crippen LogP contribution in [0.1, 0.15) is 0 Å². The van der Waals surface area contributed by atoms with E-state index in [-0.39, 0.29) is 19.2 Å². The van der Waals surface area contributed by atoms with Gasteiger partial charge in [-0.05, 0) is 32.3 Å². The van der Waals surface area contributed by atoms with E-state index in [0.717, 1.165) is 0 Å². The van der Waals surface area contributed by atoms with Gasteiger partial charge in [-0.15, -0.1) is 4.36 Å². The average molecular weight is 269 g/mol. The molecular formula is C6H8NO3PS3. The first kappa shape index (κ1) is 16.0. The molecule has 0 aliphatic heterocycles. The van der Waals surface area contributed by atoms with Gasteiger partial charge in [0.05, 0.1) is 5.69 Å². The summed E-state index contributed by atoms with van der Waals surface area (Å²) < 4.78 is 23.3. The molecule has 0 spiro atoms. The molecule has 14 heavy (non-hydrogen) atoms. The lowest BCUT2D eigenvalue weighted by atomic mass is 10.3. The van der Waals surface area contributed by atoms with Crippen LogP contribution in [-0.4, -0.2) is 13.5 Å². The second-order valence-electron chi connectivity index (χ2n) is 1.82. The Kier molecular flexibility index (Phi) is 10.4. The van der Waals surface area contributed by atoms with Gasteiger partial charge in [0.15, 0.2) is 0 Å². The predicted octanol–water partition coefficient (Wildman–Crippen LogP) is 1.79. The van der Waals surface area contributed by atoms with E-state index in [2.05, 4.69) is 24.2 Å². The molecule has 0 amide bonds. The zero-order valence-electron chi connectivity index (χ0n) is 6.84. The van der Waals surface area contributed by atoms with Crippen molar-refractivity contribution in [2.75, 3.05) is 0 Å². The fourth-order valence-corrected chi connectivity index (χ4v) is 0.893. The van der Waals surface area contributed by atoms with Gasteiger partial charge in [0.2, 0.25) is 0 Å². The van der Waals surface area contributed by atoms with E-state index in [0.29, 0.717) is 5.69 Å². The smallest absolute Gasteiger partial charge is 0.316 e. The van der Waals surface area contributed by atoms with Gasteiger partial charge >= 0.3 is 10.5 Å². The Balaban J connectivity index is 0. The molecule has 0 aliphatic rings. The molecule has 1 aromatic rings. The Morgan fingerprint density at radius 2 is 1.64 bits per heavy atom. The average Bonchev–Trinajstić information content (AvgIpc) is 2.12. The van der Waals surface area contributed by atoms with Crippen molar-refractivity contribution in [3.8, 4) is 5.75 Å². The van der Waals surface area contributed by atoms with E-state index in [1.54, 1.807) is 0 Å². The van der Waals surface area contributed by atoms with Gasteiger partial charge in [0.25, 0.3) is 0 Å². The van der Waals surface area contributed by atoms with Crippen molar-refractivity contribution in [3.05, 3.63) is 24.3 Å². The highest BCUT2D eigenvalue weighted by Gasteiger charge is 1.88. The van der Waals surface area contributed by atoms with Gasteiger partial charge in [-0.1, -0.05) is 11.8 Å². The monoisotopic (exact) mass is 269 g/mol. The first-order chi connectivity index (χ1) is 6.18. The Morgan fingerprint density at radius 1 is 1.21 bits per heavy atom. The maximum atomic E-state index is 10.0. The van der Waals surface area contributed by atoms with Gasteiger partial charge in [-0.25, -0.2) is 0 Å². The molecule has 0 aromatic heterocycles. The Morgan fingerprint density at radius 3 is 2.00 bits per heavy atom. The second kappa shape index (κ2) is 9.08. The molecule has 78 valence electrons. The molecule has 0 aliphatic carbocycles. The maximum Gasteiger partial charge on any atom is 0.316 e. The lowest BCUT2D eigenvalue weighted by Crippen LogP contribution is -1.64. The molecule has 0 saturated carbocycles. The molecular weight excluding hydrogens is 261 g/mol. The molecule has 0 radical (unpaired) electrons. The Bertz CT molecular complexity index is 381. The van der Waals surface area contributed by atoms with Gasteiger partial charge in [0, 0.05) is 0 Å². The zero-order valence-corrected chi connectivity index (χ0v) is 10.5. The van der Waals surface area contributed by atoms with E-state index < -0.39 is 10.5 Å². The highest BCUT2D eigenvalue weighted by Crippen LogP contribution is 2.15. The van der Waals surface area contributed by atoms with Crippen LogP contribution in [0.3, 0.4) is 0 Å². The summed E-state index contributed by atoms with van der Waals surface area (Å²) in [6.45, 7) is 0. The third kappa shape index (κ3) is 6.97. The minimum atomic E-state index is -2.43. The zero-order chi connectivity index (χ0) is 10.3. The van der Waals surface area contributed by atoms with E-state index >= 15 is 0 Å². The lowest BCUT2D eigenvalue weighted by Gasteiger charge is -1.89. The van der Waals surface area contributed by atoms with E-state index in [1.165, 1.54) is 24.3 Å². The van der Waals surface area contributed by atoms with Crippen LogP contribution >= 0.6 is 21.5 Å². The third-order valence-electron chi connectivity index (χ3n) is 1.03. The van der Waals surface area contributed by atoms with Crippen molar-refractivity contribution in [2.45, 2.75) is 0 Å². The molecule has 8 heteroatoms. The fourth-order valence-electron chi connectivity index (χ4n) is 0.600. The molecule has 1 rings (SSSR count). The normalized spacial score (nSPS) is 7.43. The number of hydrogen-bond acceptors (Lipinski definition) is 5. The molecule has 0 bridgehead atoms. The van der Waals surface area contributed by atoms with E-state index in [4.69, 9.17) is 5.11 Å². The topological polar surface area (TPSA) is 66.7 Å². The molecule has 0 saturated heterocycles. The highest BCUT2D eigenvalue weighted by atomic mass is 32.4. The maximum absolute atomic E-state index is 10.0. The van der Waals surface area contributed by atoms with Gasteiger partial charge in [-0.3, -0.25) is 0 Å². The molecule has 0 atom stereocenters. The van der Waals surface area contributed by atoms with Crippen LogP contribution in [0.4, 0.5) is 5.69 Å². The third-order valence-corrected chi connectivity index (χ3v) is 1.39. The summed E-state index contributed by atoms with van der Waals surface area (Å²) in [6.07, 6.45) is 0. The summed E-state index contributed by atoms with van der Waals surface area (Å²) in [5.41, 5.74) is 0.302. The molecule has 0 fully saturated rings. The molecule has 0 heterocycles. The summed E-state index contributed by atoms with van der Waals surface area (Å²) in [5.74, 6) is 0.0839. The molecule has 0 unspecified atom stereocenters. The number of nitrogens with zero attached hydrogens (tertiary/aromatic N) is 1. The predicted molar refractivity (Wildman–Crippen MR) is 65.2 cm³/mol. The van der Waals surface area contributed by atoms with Crippen LogP contribution in [-0.2, 0) is 22.3 Å². The van der Waals surface area contributed by atoms with E-state index in [1.807, 2.05) is 0 Å². The first-order valence-electron chi connectivity index (χ1n) is 2.99. The Labute approximate surface area is 97.4 Å². The van der Waals surface area contributed by atoms with Gasteiger partial charge in [0.1, 0.15) is 5.75 Å². The fraction of sp³-hybridized carbons (Fsp3) is 0. The minimum Gasteiger partial charge on any atom is -0.508 e. The van der Waals surface area contributed by atoms with Crippen LogP contribution in [0.2, 0.25) is 0 Å². The Hall–Kier alpha value is -0.490. The van der Waals surface area contributed by atoms with E-state index in [9.17, 15) is 8.42 Å². The van der Waals surface area contributed by atoms with Crippen molar-refractivity contribution in [1.29, 1.82) is 0 Å². The van der Waals surface area contributed by atoms with Crippen LogP contribution < -0.4 is 0 Å². The SMILES string of the molecule is O=S(=O)=Nc1ccc(O)cc1.P=S.S. The highest BCUT2D eigenvalue weighted by molar-refractivity contribution is 7.88. The summed E-state index contributed by atoms with van der Waals surface area (Å²) in [4.78, 5) is 0. The number of aromatic hydroxyl groups is 1. The van der Waals surface area contributed by atoms with Crippen molar-refractivity contribution in [2.24, 2.45) is 4.36 Å². The molecule has 1 N–H and O–H groups in total. The van der Waals surface area contributed by atoms with Crippen molar-refractivity contribution < 1.29 is 13.5 Å². The summed E-state index contributed by atoms with van der Waals surface area (Å²) >= 11 is 3.89. The van der Waals surface area contributed by atoms with Crippen molar-refractivity contribution in [3.63, 3.8) is 0 Å². The van der Waals surface area contributed by atoms with Crippen LogP contribution in [0.25, 0.3) is 0 Å². The summed E-state index contributed by atoms with van der Waals surface area (Å²) in [7, 11) is 0.126. The van der Waals surface area contributed by atoms with Crippen molar-refractivity contribution >= 4 is 49.5 Å². The summed E-state index contributed by atoms with van der Waals surface area (Å²) in [5, 5.41) is 8.80. The van der Waals surface area contributed by atoms with Gasteiger partial charge < -0.3 is 5.11 Å². The number of benzene rings is 1. The van der Waals surface area contributed by atoms with Crippen molar-refractivity contribution in [1.82, 2.24) is 0 Å². The number of phenolic OH excluding ortho intramolecular Hbond substituents is 1. The van der Waals surface area contributed by atoms with Crippen LogP contribution in [0.5, 0.6) is 5.75 Å². The minimum absolute atomic E-state index is 0. The number of rotatable bonds is 1. The number of phenols is 1. The van der Waals surface area contributed by atoms with Crippen LogP contribution in [0, 0.1) is 0 Å². The first-order valence-corrected chi connectivity index (χ1v) is 5.65. The van der Waals surface area contributed by atoms with Crippen LogP contribution in [0.15, 0.2) is 28.6 Å². The standard InChI is InChI=1S/C6H5NO3S.HPS.H2S/c8-6-3-1-5(2-4-6)7-11(9)10;1-2;/h1-4,8H;1H;1H2. The number of hydrogen-bond donors (Lipinski definition) is 1. The largest absolute Gasteiger partial charge is 0.508 e.